The van der Waals surface area contributed by atoms with Crippen molar-refractivity contribution < 1.29 is 31.3 Å². The van der Waals surface area contributed by atoms with Gasteiger partial charge in [0, 0.05) is 16.8 Å². The quantitative estimate of drug-likeness (QED) is 0.643. The maximum Gasteiger partial charge on any atom is 0.471 e. The second-order valence-electron chi connectivity index (χ2n) is 5.89. The summed E-state index contributed by atoms with van der Waals surface area (Å²) in [5, 5.41) is 5.26. The van der Waals surface area contributed by atoms with E-state index in [-0.39, 0.29) is 5.69 Å². The first-order valence-corrected chi connectivity index (χ1v) is 7.85. The summed E-state index contributed by atoms with van der Waals surface area (Å²) in [6.45, 7) is 1.86. The number of rotatable bonds is 4. The highest BCUT2D eigenvalue weighted by molar-refractivity contribution is 6.04. The Morgan fingerprint density at radius 1 is 0.964 bits per heavy atom. The summed E-state index contributed by atoms with van der Waals surface area (Å²) in [5.74, 6) is -7.61. The minimum absolute atomic E-state index is 0.231. The van der Waals surface area contributed by atoms with Crippen molar-refractivity contribution in [3.8, 4) is 0 Å². The first-order chi connectivity index (χ1) is 13.1. The molecule has 0 spiro atoms. The zero-order valence-electron chi connectivity index (χ0n) is 14.2. The summed E-state index contributed by atoms with van der Waals surface area (Å²) in [6.07, 6.45) is -5.02. The van der Waals surface area contributed by atoms with Gasteiger partial charge in [-0.05, 0) is 31.2 Å². The average Bonchev–Trinajstić information content (AvgIpc) is 3.14. The Morgan fingerprint density at radius 3 is 2.11 bits per heavy atom. The van der Waals surface area contributed by atoms with Gasteiger partial charge in [0.15, 0.2) is 0 Å². The van der Waals surface area contributed by atoms with E-state index < -0.39 is 35.3 Å². The Morgan fingerprint density at radius 2 is 1.57 bits per heavy atom. The van der Waals surface area contributed by atoms with Crippen LogP contribution < -0.4 is 5.32 Å². The van der Waals surface area contributed by atoms with Gasteiger partial charge in [-0.15, -0.1) is 0 Å². The molecule has 0 radical (unpaired) electrons. The average molecular weight is 397 g/mol. The van der Waals surface area contributed by atoms with E-state index in [0.717, 1.165) is 17.7 Å². The van der Waals surface area contributed by atoms with Crippen LogP contribution in [0.2, 0.25) is 0 Å². The highest BCUT2D eigenvalue weighted by atomic mass is 19.4. The lowest BCUT2D eigenvalue weighted by Crippen LogP contribution is -2.18. The van der Waals surface area contributed by atoms with Gasteiger partial charge in [-0.25, -0.2) is 0 Å². The van der Waals surface area contributed by atoms with Crippen LogP contribution in [0, 0.1) is 6.92 Å². The molecule has 0 bridgehead atoms. The Balaban J connectivity index is 1.76. The minimum Gasteiger partial charge on any atom is -0.329 e. The van der Waals surface area contributed by atoms with Gasteiger partial charge in [0.2, 0.25) is 5.82 Å². The normalized spacial score (nSPS) is 12.1. The number of alkyl halides is 5. The van der Waals surface area contributed by atoms with Gasteiger partial charge >= 0.3 is 18.0 Å². The summed E-state index contributed by atoms with van der Waals surface area (Å²) in [5.41, 5.74) is 0.925. The van der Waals surface area contributed by atoms with Crippen LogP contribution in [0.4, 0.5) is 27.6 Å². The molecule has 0 saturated heterocycles. The predicted molar refractivity (Wildman–Crippen MR) is 87.9 cm³/mol. The molecule has 1 N–H and O–H groups in total. The third-order valence-electron chi connectivity index (χ3n) is 3.77. The number of anilines is 1. The van der Waals surface area contributed by atoms with Crippen LogP contribution in [0.3, 0.4) is 0 Å². The molecule has 2 aromatic carbocycles. The molecule has 0 saturated carbocycles. The van der Waals surface area contributed by atoms with Crippen LogP contribution in [0.1, 0.15) is 33.2 Å². The highest BCUT2D eigenvalue weighted by Gasteiger charge is 2.44. The van der Waals surface area contributed by atoms with Gasteiger partial charge < -0.3 is 9.84 Å². The number of halogens is 5. The van der Waals surface area contributed by atoms with Crippen molar-refractivity contribution in [3.63, 3.8) is 0 Å². The third-order valence-corrected chi connectivity index (χ3v) is 3.77. The third kappa shape index (κ3) is 4.00. The molecule has 0 unspecified atom stereocenters. The lowest BCUT2D eigenvalue weighted by atomic mass is 10.1. The van der Waals surface area contributed by atoms with Crippen molar-refractivity contribution in [2.24, 2.45) is 0 Å². The number of hydrogen-bond acceptors (Lipinski definition) is 4. The van der Waals surface area contributed by atoms with E-state index in [1.54, 1.807) is 24.3 Å². The fourth-order valence-electron chi connectivity index (χ4n) is 2.27. The predicted octanol–water partition coefficient (Wildman–Crippen LogP) is 4.79. The number of amides is 1. The minimum atomic E-state index is -5.02. The summed E-state index contributed by atoms with van der Waals surface area (Å²) in [4.78, 5) is 14.9. The fraction of sp³-hybridized carbons (Fsp3) is 0.167. The van der Waals surface area contributed by atoms with Crippen LogP contribution in [0.5, 0.6) is 0 Å². The number of benzene rings is 2. The Kier molecular flexibility index (Phi) is 4.88. The van der Waals surface area contributed by atoms with Crippen molar-refractivity contribution >= 4 is 11.6 Å². The number of carbonyl (C=O) groups is 1. The van der Waals surface area contributed by atoms with E-state index in [9.17, 15) is 26.7 Å². The second-order valence-corrected chi connectivity index (χ2v) is 5.89. The lowest BCUT2D eigenvalue weighted by Gasteiger charge is -2.13. The molecule has 1 amide bonds. The standard InChI is InChI=1S/C18H12F5N3O2/c1-10-2-4-11(5-3-10)14(27)24-13-8-6-12(7-9-13)17(19,20)15-25-16(28-26-15)18(21,22)23/h2-9H,1H3,(H,24,27). The first-order valence-electron chi connectivity index (χ1n) is 7.85. The molecule has 1 aromatic heterocycles. The van der Waals surface area contributed by atoms with Crippen molar-refractivity contribution in [2.75, 3.05) is 5.32 Å². The Bertz CT molecular complexity index is 980. The highest BCUT2D eigenvalue weighted by Crippen LogP contribution is 2.36. The molecule has 5 nitrogen and oxygen atoms in total. The van der Waals surface area contributed by atoms with E-state index in [4.69, 9.17) is 0 Å². The molecule has 1 heterocycles. The maximum atomic E-state index is 14.3. The molecule has 0 aliphatic carbocycles. The maximum absolute atomic E-state index is 14.3. The van der Waals surface area contributed by atoms with E-state index in [0.29, 0.717) is 5.56 Å². The second kappa shape index (κ2) is 7.02. The van der Waals surface area contributed by atoms with Crippen LogP contribution in [0.25, 0.3) is 0 Å². The number of nitrogens with zero attached hydrogens (tertiary/aromatic N) is 2. The lowest BCUT2D eigenvalue weighted by molar-refractivity contribution is -0.159. The van der Waals surface area contributed by atoms with Gasteiger partial charge in [-0.1, -0.05) is 35.0 Å². The van der Waals surface area contributed by atoms with Crippen molar-refractivity contribution in [1.29, 1.82) is 0 Å². The Hall–Kier alpha value is -3.30. The largest absolute Gasteiger partial charge is 0.471 e. The van der Waals surface area contributed by atoms with Gasteiger partial charge in [0.25, 0.3) is 5.91 Å². The molecule has 0 aliphatic rings. The Labute approximate surface area is 155 Å². The van der Waals surface area contributed by atoms with Gasteiger partial charge in [0.1, 0.15) is 0 Å². The molecule has 146 valence electrons. The van der Waals surface area contributed by atoms with Crippen molar-refractivity contribution in [2.45, 2.75) is 19.0 Å². The molecule has 3 aromatic rings. The summed E-state index contributed by atoms with van der Waals surface area (Å²) >= 11 is 0. The van der Waals surface area contributed by atoms with E-state index in [2.05, 4.69) is 20.0 Å². The molecule has 10 heteroatoms. The topological polar surface area (TPSA) is 68.0 Å². The molecule has 0 atom stereocenters. The first kappa shape index (κ1) is 19.5. The molecule has 0 aliphatic heterocycles. The molecule has 0 fully saturated rings. The SMILES string of the molecule is Cc1ccc(C(=O)Nc2ccc(C(F)(F)c3noc(C(F)(F)F)n3)cc2)cc1. The molecule has 28 heavy (non-hydrogen) atoms. The number of aryl methyl sites for hydroxylation is 1. The number of aromatic nitrogens is 2. The zero-order valence-corrected chi connectivity index (χ0v) is 14.2. The summed E-state index contributed by atoms with van der Waals surface area (Å²) in [6, 6.07) is 11.0. The van der Waals surface area contributed by atoms with E-state index in [1.165, 1.54) is 12.1 Å². The van der Waals surface area contributed by atoms with Crippen LogP contribution in [0.15, 0.2) is 53.1 Å². The molecule has 3 rings (SSSR count). The van der Waals surface area contributed by atoms with Crippen LogP contribution in [-0.2, 0) is 12.1 Å². The monoisotopic (exact) mass is 397 g/mol. The smallest absolute Gasteiger partial charge is 0.329 e. The number of nitrogens with one attached hydrogen (secondary N) is 1. The fourth-order valence-corrected chi connectivity index (χ4v) is 2.27. The summed E-state index contributed by atoms with van der Waals surface area (Å²) in [7, 11) is 0. The number of carbonyl (C=O) groups excluding carboxylic acids is 1. The van der Waals surface area contributed by atoms with E-state index in [1.807, 2.05) is 6.92 Å². The molecular weight excluding hydrogens is 385 g/mol. The zero-order chi connectivity index (χ0) is 20.5. The van der Waals surface area contributed by atoms with Crippen LogP contribution >= 0.6 is 0 Å². The van der Waals surface area contributed by atoms with Crippen LogP contribution in [-0.4, -0.2) is 16.0 Å². The van der Waals surface area contributed by atoms with Gasteiger partial charge in [-0.3, -0.25) is 4.79 Å². The number of hydrogen-bond donors (Lipinski definition) is 1. The molecular formula is C18H12F5N3O2. The summed E-state index contributed by atoms with van der Waals surface area (Å²) < 4.78 is 69.9. The van der Waals surface area contributed by atoms with E-state index >= 15 is 0 Å². The van der Waals surface area contributed by atoms with Gasteiger partial charge in [-0.2, -0.15) is 26.9 Å². The van der Waals surface area contributed by atoms with Crippen molar-refractivity contribution in [3.05, 3.63) is 76.9 Å². The van der Waals surface area contributed by atoms with Gasteiger partial charge in [0.05, 0.1) is 0 Å². The van der Waals surface area contributed by atoms with Crippen molar-refractivity contribution in [1.82, 2.24) is 10.1 Å².